The van der Waals surface area contributed by atoms with Gasteiger partial charge in [-0.05, 0) is 30.7 Å². The van der Waals surface area contributed by atoms with E-state index >= 15 is 0 Å². The summed E-state index contributed by atoms with van der Waals surface area (Å²) >= 11 is 0. The monoisotopic (exact) mass is 249 g/mol. The van der Waals surface area contributed by atoms with Gasteiger partial charge in [0.2, 0.25) is 0 Å². The zero-order chi connectivity index (χ0) is 13.1. The maximum absolute atomic E-state index is 8.64. The van der Waals surface area contributed by atoms with Gasteiger partial charge < -0.3 is 14.2 Å². The normalized spacial score (nSPS) is 10.0. The molecule has 0 unspecified atom stereocenters. The first kappa shape index (κ1) is 14.5. The fourth-order valence-electron chi connectivity index (χ4n) is 1.31. The Morgan fingerprint density at radius 1 is 0.944 bits per heavy atom. The molecule has 18 heavy (non-hydrogen) atoms. The van der Waals surface area contributed by atoms with Gasteiger partial charge in [-0.2, -0.15) is 5.26 Å². The molecule has 0 bridgehead atoms. The van der Waals surface area contributed by atoms with Crippen LogP contribution in [0.1, 0.15) is 18.9 Å². The van der Waals surface area contributed by atoms with E-state index in [4.69, 9.17) is 19.5 Å². The van der Waals surface area contributed by atoms with Crippen LogP contribution in [0, 0.1) is 11.3 Å². The van der Waals surface area contributed by atoms with Crippen molar-refractivity contribution in [1.82, 2.24) is 0 Å². The van der Waals surface area contributed by atoms with Crippen molar-refractivity contribution in [2.24, 2.45) is 0 Å². The third-order valence-corrected chi connectivity index (χ3v) is 2.20. The van der Waals surface area contributed by atoms with Gasteiger partial charge in [-0.25, -0.2) is 0 Å². The highest BCUT2D eigenvalue weighted by Crippen LogP contribution is 2.11. The first-order valence-electron chi connectivity index (χ1n) is 6.15. The van der Waals surface area contributed by atoms with E-state index in [1.165, 1.54) is 0 Å². The summed E-state index contributed by atoms with van der Waals surface area (Å²) in [7, 11) is 0. The van der Waals surface area contributed by atoms with Crippen molar-refractivity contribution in [1.29, 1.82) is 5.26 Å². The minimum atomic E-state index is 0.500. The lowest BCUT2D eigenvalue weighted by atomic mass is 10.2. The molecule has 1 aromatic rings. The molecule has 1 aromatic carbocycles. The predicted molar refractivity (Wildman–Crippen MR) is 68.6 cm³/mol. The lowest BCUT2D eigenvalue weighted by Gasteiger charge is -2.07. The molecule has 4 heteroatoms. The molecule has 0 fully saturated rings. The van der Waals surface area contributed by atoms with E-state index in [-0.39, 0.29) is 0 Å². The standard InChI is InChI=1S/C14H19NO3/c1-2-7-16-8-9-17-10-11-18-14-5-3-13(12-15)4-6-14/h3-6H,2,7-11H2,1H3. The van der Waals surface area contributed by atoms with Gasteiger partial charge in [-0.3, -0.25) is 0 Å². The number of rotatable bonds is 9. The van der Waals surface area contributed by atoms with E-state index in [1.54, 1.807) is 24.3 Å². The van der Waals surface area contributed by atoms with Crippen LogP contribution in [0.5, 0.6) is 5.75 Å². The topological polar surface area (TPSA) is 51.5 Å². The lowest BCUT2D eigenvalue weighted by molar-refractivity contribution is 0.0366. The van der Waals surface area contributed by atoms with Crippen molar-refractivity contribution < 1.29 is 14.2 Å². The number of hydrogen-bond donors (Lipinski definition) is 0. The molecule has 0 saturated heterocycles. The summed E-state index contributed by atoms with van der Waals surface area (Å²) < 4.78 is 16.1. The van der Waals surface area contributed by atoms with Crippen molar-refractivity contribution in [3.8, 4) is 11.8 Å². The van der Waals surface area contributed by atoms with Gasteiger partial charge >= 0.3 is 0 Å². The molecule has 0 aliphatic rings. The average molecular weight is 249 g/mol. The third kappa shape index (κ3) is 6.24. The van der Waals surface area contributed by atoms with Crippen LogP contribution in [-0.4, -0.2) is 33.0 Å². The summed E-state index contributed by atoms with van der Waals surface area (Å²) in [6, 6.07) is 9.08. The Kier molecular flexibility index (Phi) is 7.61. The molecule has 0 amide bonds. The summed E-state index contributed by atoms with van der Waals surface area (Å²) in [6.45, 7) is 5.12. The van der Waals surface area contributed by atoms with E-state index in [9.17, 15) is 0 Å². The highest BCUT2D eigenvalue weighted by molar-refractivity contribution is 5.34. The van der Waals surface area contributed by atoms with E-state index in [1.807, 2.05) is 0 Å². The van der Waals surface area contributed by atoms with Gasteiger partial charge in [0.1, 0.15) is 12.4 Å². The van der Waals surface area contributed by atoms with Crippen LogP contribution in [0.15, 0.2) is 24.3 Å². The SMILES string of the molecule is CCCOCCOCCOc1ccc(C#N)cc1. The van der Waals surface area contributed by atoms with Crippen molar-refractivity contribution in [3.63, 3.8) is 0 Å². The number of ether oxygens (including phenoxy) is 3. The lowest BCUT2D eigenvalue weighted by Crippen LogP contribution is -2.11. The number of nitriles is 1. The van der Waals surface area contributed by atoms with Crippen LogP contribution < -0.4 is 4.74 Å². The van der Waals surface area contributed by atoms with Crippen LogP contribution in [0.4, 0.5) is 0 Å². The molecule has 0 saturated carbocycles. The van der Waals surface area contributed by atoms with Gasteiger partial charge in [0, 0.05) is 6.61 Å². The van der Waals surface area contributed by atoms with Gasteiger partial charge in [0.05, 0.1) is 31.5 Å². The summed E-state index contributed by atoms with van der Waals surface area (Å²) in [5.41, 5.74) is 0.631. The highest BCUT2D eigenvalue weighted by atomic mass is 16.5. The van der Waals surface area contributed by atoms with E-state index in [2.05, 4.69) is 13.0 Å². The molecule has 0 aliphatic carbocycles. The molecular formula is C14H19NO3. The minimum absolute atomic E-state index is 0.500. The van der Waals surface area contributed by atoms with Crippen LogP contribution in [0.2, 0.25) is 0 Å². The van der Waals surface area contributed by atoms with Gasteiger partial charge in [-0.15, -0.1) is 0 Å². The second-order valence-corrected chi connectivity index (χ2v) is 3.71. The van der Waals surface area contributed by atoms with E-state index < -0.39 is 0 Å². The number of hydrogen-bond acceptors (Lipinski definition) is 4. The second-order valence-electron chi connectivity index (χ2n) is 3.71. The quantitative estimate of drug-likeness (QED) is 0.630. The second kappa shape index (κ2) is 9.46. The molecule has 0 aliphatic heterocycles. The molecule has 4 nitrogen and oxygen atoms in total. The summed E-state index contributed by atoms with van der Waals surface area (Å²) in [5.74, 6) is 0.750. The first-order valence-corrected chi connectivity index (χ1v) is 6.15. The zero-order valence-electron chi connectivity index (χ0n) is 10.7. The Balaban J connectivity index is 2.02. The Hall–Kier alpha value is -1.57. The first-order chi connectivity index (χ1) is 8.86. The third-order valence-electron chi connectivity index (χ3n) is 2.20. The highest BCUT2D eigenvalue weighted by Gasteiger charge is 1.95. The molecule has 0 spiro atoms. The van der Waals surface area contributed by atoms with Crippen molar-refractivity contribution in [2.45, 2.75) is 13.3 Å². The zero-order valence-corrected chi connectivity index (χ0v) is 10.7. The summed E-state index contributed by atoms with van der Waals surface area (Å²) in [4.78, 5) is 0. The fourth-order valence-corrected chi connectivity index (χ4v) is 1.31. The predicted octanol–water partition coefficient (Wildman–Crippen LogP) is 2.38. The number of benzene rings is 1. The van der Waals surface area contributed by atoms with Crippen LogP contribution >= 0.6 is 0 Å². The Morgan fingerprint density at radius 3 is 2.17 bits per heavy atom. The van der Waals surface area contributed by atoms with Gasteiger partial charge in [0.15, 0.2) is 0 Å². The minimum Gasteiger partial charge on any atom is -0.491 e. The molecule has 98 valence electrons. The Morgan fingerprint density at radius 2 is 1.56 bits per heavy atom. The molecular weight excluding hydrogens is 230 g/mol. The Bertz CT molecular complexity index is 356. The fraction of sp³-hybridized carbons (Fsp3) is 0.500. The largest absolute Gasteiger partial charge is 0.491 e. The molecule has 1 rings (SSSR count). The Labute approximate surface area is 108 Å². The van der Waals surface area contributed by atoms with Crippen LogP contribution in [-0.2, 0) is 9.47 Å². The maximum Gasteiger partial charge on any atom is 0.119 e. The molecule has 0 radical (unpaired) electrons. The molecule has 0 atom stereocenters. The van der Waals surface area contributed by atoms with E-state index in [0.717, 1.165) is 18.8 Å². The summed E-state index contributed by atoms with van der Waals surface area (Å²) in [5, 5.41) is 8.64. The molecule has 0 heterocycles. The number of nitrogens with zero attached hydrogens (tertiary/aromatic N) is 1. The van der Waals surface area contributed by atoms with Crippen molar-refractivity contribution >= 4 is 0 Å². The van der Waals surface area contributed by atoms with Crippen LogP contribution in [0.25, 0.3) is 0 Å². The summed E-state index contributed by atoms with van der Waals surface area (Å²) in [6.07, 6.45) is 1.03. The van der Waals surface area contributed by atoms with Crippen molar-refractivity contribution in [2.75, 3.05) is 33.0 Å². The average Bonchev–Trinajstić information content (AvgIpc) is 2.42. The molecule has 0 N–H and O–H groups in total. The van der Waals surface area contributed by atoms with Gasteiger partial charge in [-0.1, -0.05) is 6.92 Å². The molecule has 0 aromatic heterocycles. The van der Waals surface area contributed by atoms with Gasteiger partial charge in [0.25, 0.3) is 0 Å². The maximum atomic E-state index is 8.64. The van der Waals surface area contributed by atoms with E-state index in [0.29, 0.717) is 32.0 Å². The van der Waals surface area contributed by atoms with Crippen molar-refractivity contribution in [3.05, 3.63) is 29.8 Å². The van der Waals surface area contributed by atoms with Crippen LogP contribution in [0.3, 0.4) is 0 Å². The smallest absolute Gasteiger partial charge is 0.119 e.